The van der Waals surface area contributed by atoms with Gasteiger partial charge in [0.15, 0.2) is 0 Å². The van der Waals surface area contributed by atoms with Gasteiger partial charge in [-0.25, -0.2) is 4.79 Å². The molecule has 2 saturated carbocycles. The van der Waals surface area contributed by atoms with Crippen LogP contribution < -0.4 is 10.6 Å². The molecule has 8 nitrogen and oxygen atoms in total. The van der Waals surface area contributed by atoms with Crippen molar-refractivity contribution in [3.8, 4) is 0 Å². The van der Waals surface area contributed by atoms with Crippen LogP contribution in [-0.2, 0) is 16.1 Å². The Bertz CT molecular complexity index is 769. The first-order valence-electron chi connectivity index (χ1n) is 11.8. The number of alkyl carbamates (subject to hydrolysis) is 1. The molecule has 1 aromatic rings. The number of carbonyl (C=O) groups excluding carboxylic acids is 2. The lowest BCUT2D eigenvalue weighted by Crippen LogP contribution is -2.61. The second-order valence-corrected chi connectivity index (χ2v) is 9.89. The van der Waals surface area contributed by atoms with Crippen LogP contribution in [0.1, 0.15) is 65.1 Å². The Balaban J connectivity index is 1.72. The van der Waals surface area contributed by atoms with Gasteiger partial charge in [-0.2, -0.15) is 0 Å². The Morgan fingerprint density at radius 1 is 1.25 bits per heavy atom. The molecule has 0 bridgehead atoms. The number of nitrogens with one attached hydrogen (secondary N) is 2. The summed E-state index contributed by atoms with van der Waals surface area (Å²) in [6.07, 6.45) is 3.72. The lowest BCUT2D eigenvalue weighted by Gasteiger charge is -2.60. The van der Waals surface area contributed by atoms with Crippen molar-refractivity contribution >= 4 is 12.0 Å². The van der Waals surface area contributed by atoms with Crippen LogP contribution in [-0.4, -0.2) is 47.6 Å². The number of aliphatic hydroxyl groups excluding tert-OH is 2. The first-order valence-corrected chi connectivity index (χ1v) is 11.8. The molecule has 0 radical (unpaired) electrons. The van der Waals surface area contributed by atoms with E-state index in [1.807, 2.05) is 13.8 Å². The van der Waals surface area contributed by atoms with E-state index in [1.165, 1.54) is 0 Å². The zero-order valence-corrected chi connectivity index (χ0v) is 19.4. The van der Waals surface area contributed by atoms with Gasteiger partial charge in [0.1, 0.15) is 11.9 Å². The van der Waals surface area contributed by atoms with E-state index >= 15 is 0 Å². The Morgan fingerprint density at radius 3 is 2.69 bits per heavy atom. The fourth-order valence-electron chi connectivity index (χ4n) is 6.05. The van der Waals surface area contributed by atoms with Crippen molar-refractivity contribution in [1.29, 1.82) is 0 Å². The maximum atomic E-state index is 12.7. The number of hydrogen-bond acceptors (Lipinski definition) is 6. The van der Waals surface area contributed by atoms with Crippen molar-refractivity contribution in [2.75, 3.05) is 13.2 Å². The molecule has 0 spiro atoms. The van der Waals surface area contributed by atoms with E-state index in [-0.39, 0.29) is 36.2 Å². The van der Waals surface area contributed by atoms with Gasteiger partial charge in [0.05, 0.1) is 25.5 Å². The van der Waals surface area contributed by atoms with Crippen molar-refractivity contribution in [2.45, 2.75) is 78.0 Å². The third-order valence-corrected chi connectivity index (χ3v) is 7.89. The lowest BCUT2D eigenvalue weighted by atomic mass is 9.46. The molecule has 0 aliphatic heterocycles. The third kappa shape index (κ3) is 4.96. The van der Waals surface area contributed by atoms with Gasteiger partial charge >= 0.3 is 6.09 Å². The van der Waals surface area contributed by atoms with Crippen LogP contribution >= 0.6 is 0 Å². The number of aliphatic hydroxyl groups is 2. The average Bonchev–Trinajstić information content (AvgIpc) is 3.29. The van der Waals surface area contributed by atoms with Crippen molar-refractivity contribution in [2.24, 2.45) is 22.7 Å². The predicted molar refractivity (Wildman–Crippen MR) is 118 cm³/mol. The van der Waals surface area contributed by atoms with Gasteiger partial charge in [-0.1, -0.05) is 20.8 Å². The molecule has 1 aromatic heterocycles. The van der Waals surface area contributed by atoms with E-state index in [0.29, 0.717) is 38.1 Å². The molecule has 1 heterocycles. The molecular formula is C24H38N2O6. The van der Waals surface area contributed by atoms with E-state index in [0.717, 1.165) is 12.8 Å². The van der Waals surface area contributed by atoms with Gasteiger partial charge in [0.25, 0.3) is 0 Å². The van der Waals surface area contributed by atoms with Crippen LogP contribution in [0.3, 0.4) is 0 Å². The molecule has 3 rings (SSSR count). The Hall–Kier alpha value is -2.06. The number of carbonyl (C=O) groups is 2. The Morgan fingerprint density at radius 2 is 2.03 bits per heavy atom. The molecule has 2 aliphatic carbocycles. The Labute approximate surface area is 190 Å². The SMILES string of the molecule is CCCNC(=O)O[C@@H]1CC[C@]2(C)[C@H](CC[C@@H](O)[C@H]2CC(=O)NCc2ccco2)[C@]1(C)CO. The van der Waals surface area contributed by atoms with Crippen molar-refractivity contribution in [3.05, 3.63) is 24.2 Å². The van der Waals surface area contributed by atoms with Gasteiger partial charge < -0.3 is 30.0 Å². The molecule has 4 N–H and O–H groups in total. The predicted octanol–water partition coefficient (Wildman–Crippen LogP) is 2.98. The summed E-state index contributed by atoms with van der Waals surface area (Å²) < 4.78 is 11.0. The fraction of sp³-hybridized carbons (Fsp3) is 0.750. The molecule has 32 heavy (non-hydrogen) atoms. The lowest BCUT2D eigenvalue weighted by molar-refractivity contribution is -0.186. The number of furan rings is 1. The number of hydrogen-bond donors (Lipinski definition) is 4. The zero-order chi connectivity index (χ0) is 23.4. The van der Waals surface area contributed by atoms with Gasteiger partial charge in [-0.3, -0.25) is 4.79 Å². The minimum Gasteiger partial charge on any atom is -0.467 e. The molecule has 2 aliphatic rings. The van der Waals surface area contributed by atoms with Crippen molar-refractivity contribution in [3.63, 3.8) is 0 Å². The highest BCUT2D eigenvalue weighted by atomic mass is 16.6. The summed E-state index contributed by atoms with van der Waals surface area (Å²) in [5.41, 5.74) is -0.990. The average molecular weight is 451 g/mol. The highest BCUT2D eigenvalue weighted by Crippen LogP contribution is 2.61. The minimum atomic E-state index is -0.639. The summed E-state index contributed by atoms with van der Waals surface area (Å²) in [6, 6.07) is 3.58. The number of amides is 2. The molecule has 2 amide bonds. The fourth-order valence-corrected chi connectivity index (χ4v) is 6.05. The number of fused-ring (bicyclic) bond motifs is 1. The van der Waals surface area contributed by atoms with Crippen LogP contribution in [0.15, 0.2) is 22.8 Å². The van der Waals surface area contributed by atoms with Crippen molar-refractivity contribution < 1.29 is 29.0 Å². The second-order valence-electron chi connectivity index (χ2n) is 9.89. The number of ether oxygens (including phenoxy) is 1. The maximum Gasteiger partial charge on any atom is 0.407 e. The van der Waals surface area contributed by atoms with Crippen LogP contribution in [0.4, 0.5) is 4.79 Å². The third-order valence-electron chi connectivity index (χ3n) is 7.89. The molecule has 0 saturated heterocycles. The highest BCUT2D eigenvalue weighted by molar-refractivity contribution is 5.76. The highest BCUT2D eigenvalue weighted by Gasteiger charge is 2.60. The van der Waals surface area contributed by atoms with Crippen LogP contribution in [0.25, 0.3) is 0 Å². The van der Waals surface area contributed by atoms with E-state index < -0.39 is 23.7 Å². The van der Waals surface area contributed by atoms with E-state index in [9.17, 15) is 19.8 Å². The molecule has 2 fully saturated rings. The minimum absolute atomic E-state index is 0.0176. The Kier molecular flexibility index (Phi) is 7.88. The zero-order valence-electron chi connectivity index (χ0n) is 19.4. The molecule has 180 valence electrons. The van der Waals surface area contributed by atoms with Gasteiger partial charge in [0, 0.05) is 18.4 Å². The molecule has 6 atom stereocenters. The molecule has 0 unspecified atom stereocenters. The normalized spacial score (nSPS) is 34.4. The number of rotatable bonds is 8. The second kappa shape index (κ2) is 10.3. The van der Waals surface area contributed by atoms with Crippen molar-refractivity contribution in [1.82, 2.24) is 10.6 Å². The molecule has 8 heteroatoms. The monoisotopic (exact) mass is 450 g/mol. The quantitative estimate of drug-likeness (QED) is 0.483. The maximum absolute atomic E-state index is 12.7. The summed E-state index contributed by atoms with van der Waals surface area (Å²) in [6.45, 7) is 6.80. The van der Waals surface area contributed by atoms with E-state index in [1.54, 1.807) is 18.4 Å². The van der Waals surface area contributed by atoms with E-state index in [4.69, 9.17) is 9.15 Å². The van der Waals surface area contributed by atoms with Crippen LogP contribution in [0.5, 0.6) is 0 Å². The van der Waals surface area contributed by atoms with Crippen LogP contribution in [0, 0.1) is 22.7 Å². The van der Waals surface area contributed by atoms with Gasteiger partial charge in [-0.05, 0) is 61.5 Å². The summed E-state index contributed by atoms with van der Waals surface area (Å²) >= 11 is 0. The smallest absolute Gasteiger partial charge is 0.407 e. The largest absolute Gasteiger partial charge is 0.467 e. The standard InChI is InChI=1S/C24H38N2O6/c1-4-11-25-22(30)32-20-9-10-23(2)17(13-21(29)26-14-16-6-5-12-31-16)18(28)7-8-19(23)24(20,3)15-27/h5-6,12,17-20,27-28H,4,7-11,13-15H2,1-3H3,(H,25,30)(H,26,29)/t17-,18-,19+,20-,23+,24+/m1/s1. The van der Waals surface area contributed by atoms with Crippen LogP contribution in [0.2, 0.25) is 0 Å². The topological polar surface area (TPSA) is 121 Å². The summed E-state index contributed by atoms with van der Waals surface area (Å²) in [5, 5.41) is 26.9. The first kappa shape index (κ1) is 24.6. The first-order chi connectivity index (χ1) is 15.2. The van der Waals surface area contributed by atoms with Gasteiger partial charge in [0.2, 0.25) is 5.91 Å². The van der Waals surface area contributed by atoms with Gasteiger partial charge in [-0.15, -0.1) is 0 Å². The molecular weight excluding hydrogens is 412 g/mol. The van der Waals surface area contributed by atoms with E-state index in [2.05, 4.69) is 17.6 Å². The summed E-state index contributed by atoms with van der Waals surface area (Å²) in [7, 11) is 0. The summed E-state index contributed by atoms with van der Waals surface area (Å²) in [5.74, 6) is 0.330. The molecule has 0 aromatic carbocycles. The summed E-state index contributed by atoms with van der Waals surface area (Å²) in [4.78, 5) is 24.9.